The second kappa shape index (κ2) is 10.0. The van der Waals surface area contributed by atoms with Crippen molar-refractivity contribution in [1.29, 1.82) is 0 Å². The van der Waals surface area contributed by atoms with Crippen LogP contribution in [0.3, 0.4) is 0 Å². The maximum absolute atomic E-state index is 12.5. The normalized spacial score (nSPS) is 14.7. The number of aromatic nitrogens is 4. The first-order valence-electron chi connectivity index (χ1n) is 10.1. The monoisotopic (exact) mass is 423 g/mol. The number of hydrogen-bond acceptors (Lipinski definition) is 8. The van der Waals surface area contributed by atoms with E-state index in [1.165, 1.54) is 0 Å². The van der Waals surface area contributed by atoms with Gasteiger partial charge >= 0.3 is 0 Å². The Kier molecular flexibility index (Phi) is 6.70. The smallest absolute Gasteiger partial charge is 0.226 e. The summed E-state index contributed by atoms with van der Waals surface area (Å²) in [4.78, 5) is 23.6. The maximum atomic E-state index is 12.5. The van der Waals surface area contributed by atoms with Gasteiger partial charge in [-0.25, -0.2) is 9.97 Å². The third kappa shape index (κ3) is 6.24. The lowest BCUT2D eigenvalue weighted by atomic mass is 10.3. The maximum Gasteiger partial charge on any atom is 0.226 e. The number of H-pyrrole nitrogens is 1. The quantitative estimate of drug-likeness (QED) is 0.506. The number of nitrogens with zero attached hydrogens (tertiary/aromatic N) is 4. The average Bonchev–Trinajstić information content (AvgIpc) is 3.43. The van der Waals surface area contributed by atoms with Crippen LogP contribution in [-0.2, 0) is 9.53 Å². The number of furan rings is 1. The van der Waals surface area contributed by atoms with Gasteiger partial charge in [-0.05, 0) is 31.2 Å². The number of rotatable bonds is 8. The molecule has 162 valence electrons. The van der Waals surface area contributed by atoms with E-state index in [-0.39, 0.29) is 5.91 Å². The van der Waals surface area contributed by atoms with Gasteiger partial charge in [0.15, 0.2) is 11.6 Å². The van der Waals surface area contributed by atoms with Gasteiger partial charge in [-0.15, -0.1) is 0 Å². The Morgan fingerprint density at radius 1 is 1.19 bits per heavy atom. The SMILES string of the molecule is Cc1cc(Nc2cc(NC(=O)CCN3CCOCC3)nc(C=Cc3ccco3)n2)n[nH]1. The summed E-state index contributed by atoms with van der Waals surface area (Å²) in [5, 5.41) is 13.0. The van der Waals surface area contributed by atoms with Crippen molar-refractivity contribution < 1.29 is 13.9 Å². The van der Waals surface area contributed by atoms with Crippen molar-refractivity contribution in [2.24, 2.45) is 0 Å². The Labute approximate surface area is 179 Å². The van der Waals surface area contributed by atoms with Gasteiger partial charge < -0.3 is 19.8 Å². The van der Waals surface area contributed by atoms with E-state index in [0.717, 1.165) is 18.8 Å². The molecular weight excluding hydrogens is 398 g/mol. The van der Waals surface area contributed by atoms with Crippen LogP contribution in [0.4, 0.5) is 17.5 Å². The van der Waals surface area contributed by atoms with Crippen molar-refractivity contribution in [3.05, 3.63) is 47.8 Å². The van der Waals surface area contributed by atoms with Crippen molar-refractivity contribution in [2.75, 3.05) is 43.5 Å². The molecule has 1 aliphatic rings. The summed E-state index contributed by atoms with van der Waals surface area (Å²) in [6, 6.07) is 7.18. The number of amides is 1. The number of ether oxygens (including phenoxy) is 1. The largest absolute Gasteiger partial charge is 0.465 e. The molecule has 4 heterocycles. The minimum Gasteiger partial charge on any atom is -0.465 e. The number of morpholine rings is 1. The zero-order valence-corrected chi connectivity index (χ0v) is 17.3. The van der Waals surface area contributed by atoms with Crippen LogP contribution in [0.2, 0.25) is 0 Å². The minimum absolute atomic E-state index is 0.104. The van der Waals surface area contributed by atoms with Crippen molar-refractivity contribution in [1.82, 2.24) is 25.1 Å². The summed E-state index contributed by atoms with van der Waals surface area (Å²) >= 11 is 0. The zero-order chi connectivity index (χ0) is 21.5. The zero-order valence-electron chi connectivity index (χ0n) is 17.3. The molecule has 1 fully saturated rings. The first-order chi connectivity index (χ1) is 15.1. The number of anilines is 3. The van der Waals surface area contributed by atoms with Crippen LogP contribution < -0.4 is 10.6 Å². The molecule has 0 aromatic carbocycles. The molecule has 1 saturated heterocycles. The van der Waals surface area contributed by atoms with E-state index >= 15 is 0 Å². The second-order valence-corrected chi connectivity index (χ2v) is 7.16. The molecule has 0 bridgehead atoms. The third-order valence-corrected chi connectivity index (χ3v) is 4.67. The van der Waals surface area contributed by atoms with Crippen LogP contribution in [0.5, 0.6) is 0 Å². The molecule has 10 heteroatoms. The van der Waals surface area contributed by atoms with Crippen molar-refractivity contribution in [2.45, 2.75) is 13.3 Å². The van der Waals surface area contributed by atoms with Crippen molar-refractivity contribution in [3.8, 4) is 0 Å². The van der Waals surface area contributed by atoms with Gasteiger partial charge in [-0.3, -0.25) is 14.8 Å². The van der Waals surface area contributed by atoms with Crippen LogP contribution in [0.15, 0.2) is 34.9 Å². The highest BCUT2D eigenvalue weighted by molar-refractivity contribution is 5.90. The number of carbonyl (C=O) groups excluding carboxylic acids is 1. The standard InChI is InChI=1S/C21H25N7O3/c1-15-13-20(27-26-15)24-18-14-19(23-17(22-18)5-4-16-3-2-10-31-16)25-21(29)6-7-28-8-11-30-12-9-28/h2-5,10,13-14H,6-9,11-12H2,1H3,(H3,22,23,24,25,26,27,29). The minimum atomic E-state index is -0.104. The van der Waals surface area contributed by atoms with Gasteiger partial charge in [-0.2, -0.15) is 5.10 Å². The highest BCUT2D eigenvalue weighted by Crippen LogP contribution is 2.18. The van der Waals surface area contributed by atoms with Gasteiger partial charge in [0.25, 0.3) is 0 Å². The Morgan fingerprint density at radius 3 is 2.77 bits per heavy atom. The molecule has 1 amide bonds. The summed E-state index contributed by atoms with van der Waals surface area (Å²) < 4.78 is 10.7. The van der Waals surface area contributed by atoms with E-state index < -0.39 is 0 Å². The van der Waals surface area contributed by atoms with Crippen LogP contribution in [-0.4, -0.2) is 63.8 Å². The van der Waals surface area contributed by atoms with E-state index in [2.05, 4.69) is 35.7 Å². The van der Waals surface area contributed by atoms with Crippen molar-refractivity contribution >= 4 is 35.5 Å². The van der Waals surface area contributed by atoms with Gasteiger partial charge in [-0.1, -0.05) is 0 Å². The summed E-state index contributed by atoms with van der Waals surface area (Å²) in [5.74, 6) is 2.56. The molecule has 0 radical (unpaired) electrons. The predicted molar refractivity (Wildman–Crippen MR) is 117 cm³/mol. The molecule has 10 nitrogen and oxygen atoms in total. The first kappa shape index (κ1) is 20.8. The number of hydrogen-bond donors (Lipinski definition) is 3. The molecule has 3 N–H and O–H groups in total. The lowest BCUT2D eigenvalue weighted by molar-refractivity contribution is -0.116. The fourth-order valence-corrected chi connectivity index (χ4v) is 3.11. The number of carbonyl (C=O) groups is 1. The lowest BCUT2D eigenvalue weighted by Crippen LogP contribution is -2.38. The highest BCUT2D eigenvalue weighted by Gasteiger charge is 2.13. The Morgan fingerprint density at radius 2 is 2.03 bits per heavy atom. The molecule has 3 aromatic rings. The van der Waals surface area contributed by atoms with Crippen LogP contribution in [0, 0.1) is 6.92 Å². The van der Waals surface area contributed by atoms with E-state index in [1.807, 2.05) is 19.1 Å². The molecule has 3 aromatic heterocycles. The highest BCUT2D eigenvalue weighted by atomic mass is 16.5. The molecule has 1 aliphatic heterocycles. The summed E-state index contributed by atoms with van der Waals surface area (Å²) in [7, 11) is 0. The Balaban J connectivity index is 1.46. The summed E-state index contributed by atoms with van der Waals surface area (Å²) in [6.45, 7) is 5.71. The Bertz CT molecular complexity index is 1020. The summed E-state index contributed by atoms with van der Waals surface area (Å²) in [6.07, 6.45) is 5.46. The van der Waals surface area contributed by atoms with E-state index in [0.29, 0.717) is 55.2 Å². The topological polar surface area (TPSA) is 121 Å². The Hall–Kier alpha value is -3.50. The molecule has 0 atom stereocenters. The fourth-order valence-electron chi connectivity index (χ4n) is 3.11. The van der Waals surface area contributed by atoms with E-state index in [1.54, 1.807) is 30.5 Å². The second-order valence-electron chi connectivity index (χ2n) is 7.16. The average molecular weight is 423 g/mol. The van der Waals surface area contributed by atoms with Gasteiger partial charge in [0.2, 0.25) is 5.91 Å². The molecule has 31 heavy (non-hydrogen) atoms. The predicted octanol–water partition coefficient (Wildman–Crippen LogP) is 2.68. The molecule has 0 aliphatic carbocycles. The van der Waals surface area contributed by atoms with Crippen LogP contribution >= 0.6 is 0 Å². The number of aromatic amines is 1. The molecular formula is C21H25N7O3. The third-order valence-electron chi connectivity index (χ3n) is 4.67. The van der Waals surface area contributed by atoms with Gasteiger partial charge in [0.05, 0.1) is 19.5 Å². The number of aryl methyl sites for hydroxylation is 1. The number of nitrogens with one attached hydrogen (secondary N) is 3. The van der Waals surface area contributed by atoms with Crippen molar-refractivity contribution in [3.63, 3.8) is 0 Å². The van der Waals surface area contributed by atoms with Gasteiger partial charge in [0.1, 0.15) is 17.4 Å². The van der Waals surface area contributed by atoms with Gasteiger partial charge in [0, 0.05) is 43.9 Å². The van der Waals surface area contributed by atoms with Crippen LogP contribution in [0.1, 0.15) is 23.7 Å². The molecule has 0 unspecified atom stereocenters. The molecule has 0 saturated carbocycles. The fraction of sp³-hybridized carbons (Fsp3) is 0.333. The van der Waals surface area contributed by atoms with E-state index in [9.17, 15) is 4.79 Å². The van der Waals surface area contributed by atoms with E-state index in [4.69, 9.17) is 9.15 Å². The summed E-state index contributed by atoms with van der Waals surface area (Å²) in [5.41, 5.74) is 0.922. The molecule has 0 spiro atoms. The lowest BCUT2D eigenvalue weighted by Gasteiger charge is -2.26. The van der Waals surface area contributed by atoms with Crippen LogP contribution in [0.25, 0.3) is 12.2 Å². The first-order valence-corrected chi connectivity index (χ1v) is 10.1. The molecule has 4 rings (SSSR count).